The van der Waals surface area contributed by atoms with Crippen LogP contribution < -0.4 is 0 Å². The average molecular weight is 595 g/mol. The molecule has 0 aliphatic carbocycles. The fourth-order valence-electron chi connectivity index (χ4n) is 2.81. The van der Waals surface area contributed by atoms with E-state index in [9.17, 15) is 0 Å². The molecule has 0 saturated heterocycles. The van der Waals surface area contributed by atoms with E-state index in [0.29, 0.717) is 0 Å². The van der Waals surface area contributed by atoms with Crippen molar-refractivity contribution in [1.82, 2.24) is 0 Å². The molecule has 150 valence electrons. The van der Waals surface area contributed by atoms with Gasteiger partial charge in [0.15, 0.2) is 0 Å². The molecule has 26 heavy (non-hydrogen) atoms. The number of hydrogen-bond donors (Lipinski definition) is 0. The molecule has 2 aromatic carbocycles. The maximum atomic E-state index is 2.20. The van der Waals surface area contributed by atoms with Crippen LogP contribution in [0.25, 0.3) is 0 Å². The molecular formula is C20H34Mo2S4. The van der Waals surface area contributed by atoms with Crippen molar-refractivity contribution < 1.29 is 45.0 Å². The summed E-state index contributed by atoms with van der Waals surface area (Å²) in [6.07, 6.45) is 0. The summed E-state index contributed by atoms with van der Waals surface area (Å²) in [7, 11) is 0. The van der Waals surface area contributed by atoms with Gasteiger partial charge in [-0.2, -0.15) is 55.6 Å². The molecule has 0 nitrogen and oxygen atoms in total. The second-order valence-corrected chi connectivity index (χ2v) is 6.25. The summed E-state index contributed by atoms with van der Waals surface area (Å²) in [5.41, 5.74) is 14.7. The van der Waals surface area contributed by atoms with E-state index >= 15 is 0 Å². The summed E-state index contributed by atoms with van der Waals surface area (Å²) in [5.74, 6) is 0. The second-order valence-electron chi connectivity index (χ2n) is 6.25. The van der Waals surface area contributed by atoms with Gasteiger partial charge in [-0.15, -0.1) is 0 Å². The first-order valence-corrected chi connectivity index (χ1v) is 7.50. The van der Waals surface area contributed by atoms with Crippen molar-refractivity contribution in [1.29, 1.82) is 0 Å². The van der Waals surface area contributed by atoms with Crippen molar-refractivity contribution >= 4 is 54.0 Å². The summed E-state index contributed by atoms with van der Waals surface area (Å²) >= 11 is 0. The van der Waals surface area contributed by atoms with E-state index in [1.54, 1.807) is 0 Å². The van der Waals surface area contributed by atoms with Crippen LogP contribution in [0.4, 0.5) is 0 Å². The van der Waals surface area contributed by atoms with Crippen molar-refractivity contribution in [3.05, 3.63) is 55.6 Å². The van der Waals surface area contributed by atoms with E-state index in [-0.39, 0.29) is 99.0 Å². The second kappa shape index (κ2) is 17.3. The third-order valence-corrected chi connectivity index (χ3v) is 5.62. The molecule has 0 aliphatic heterocycles. The van der Waals surface area contributed by atoms with Gasteiger partial charge < -0.3 is 54.0 Å². The summed E-state index contributed by atoms with van der Waals surface area (Å²) < 4.78 is 0. The molecule has 0 spiro atoms. The van der Waals surface area contributed by atoms with Gasteiger partial charge >= 0.3 is 45.0 Å². The largest absolute Gasteiger partial charge is 3.00 e. The SMILES string of the molecule is Cc1c(C)c(C)[c-](C)c1C.Cc1c(C)c(C)[c-](C)c1C.[H+].[H+].[Mo+3].[Mo+3].[S-2].[S-2].[SH-].[SH-]. The normalized spacial score (nSPS) is 8.08. The Hall–Kier alpha value is 1.48. The molecule has 0 saturated carbocycles. The molecular weight excluding hydrogens is 560 g/mol. The van der Waals surface area contributed by atoms with E-state index in [0.717, 1.165) is 0 Å². The van der Waals surface area contributed by atoms with Gasteiger partial charge in [0.2, 0.25) is 0 Å². The number of thiol groups is 2. The Balaban J connectivity index is -0.0000000370. The van der Waals surface area contributed by atoms with Gasteiger partial charge in [-0.05, 0) is 0 Å². The van der Waals surface area contributed by atoms with Crippen LogP contribution in [-0.4, -0.2) is 0 Å². The Morgan fingerprint density at radius 3 is 0.615 bits per heavy atom. The van der Waals surface area contributed by atoms with Crippen LogP contribution in [0.5, 0.6) is 0 Å². The molecule has 2 aromatic rings. The Bertz CT molecular complexity index is 435. The quantitative estimate of drug-likeness (QED) is 0.169. The fraction of sp³-hybridized carbons (Fsp3) is 0.500. The van der Waals surface area contributed by atoms with Crippen LogP contribution in [0.15, 0.2) is 0 Å². The number of rotatable bonds is 0. The predicted molar refractivity (Wildman–Crippen MR) is 126 cm³/mol. The van der Waals surface area contributed by atoms with Gasteiger partial charge in [-0.25, -0.2) is 0 Å². The van der Waals surface area contributed by atoms with E-state index in [4.69, 9.17) is 0 Å². The molecule has 2 rings (SSSR count). The van der Waals surface area contributed by atoms with Crippen LogP contribution in [0, 0.1) is 69.2 Å². The smallest absolute Gasteiger partial charge is 2.00 e. The zero-order valence-corrected chi connectivity index (χ0v) is 25.0. The first-order valence-electron chi connectivity index (χ1n) is 7.50. The van der Waals surface area contributed by atoms with Gasteiger partial charge in [-0.1, -0.05) is 69.2 Å². The van der Waals surface area contributed by atoms with Crippen LogP contribution in [-0.2, 0) is 96.1 Å². The predicted octanol–water partition coefficient (Wildman–Crippen LogP) is 5.57. The molecule has 0 atom stereocenters. The van der Waals surface area contributed by atoms with Crippen LogP contribution in [0.3, 0.4) is 0 Å². The minimum Gasteiger partial charge on any atom is -2.00 e. The first kappa shape index (κ1) is 41.8. The molecule has 0 unspecified atom stereocenters. The monoisotopic (exact) mass is 598 g/mol. The summed E-state index contributed by atoms with van der Waals surface area (Å²) in [6.45, 7) is 22.0. The van der Waals surface area contributed by atoms with E-state index in [1.165, 1.54) is 55.6 Å². The van der Waals surface area contributed by atoms with E-state index < -0.39 is 0 Å². The minimum atomic E-state index is 0. The van der Waals surface area contributed by atoms with Gasteiger partial charge in [0.1, 0.15) is 0 Å². The molecule has 2 radical (unpaired) electrons. The van der Waals surface area contributed by atoms with E-state index in [2.05, 4.69) is 69.2 Å². The third kappa shape index (κ3) is 8.87. The standard InChI is InChI=1S/2C10H15.2Mo.2H2S.2S/c2*1-6-7(2)9(4)10(5)8(6)3;;;;;;/h2*1-5H3;;;2*1H2;;/q2*-1;2*+3;;;2*-2. The summed E-state index contributed by atoms with van der Waals surface area (Å²) in [5, 5.41) is 0. The maximum Gasteiger partial charge on any atom is 3.00 e. The topological polar surface area (TPSA) is 0 Å². The molecule has 6 heteroatoms. The average Bonchev–Trinajstić information content (AvgIpc) is 2.71. The zero-order chi connectivity index (χ0) is 15.8. The zero-order valence-electron chi connectivity index (χ0n) is 19.5. The summed E-state index contributed by atoms with van der Waals surface area (Å²) in [4.78, 5) is 0. The van der Waals surface area contributed by atoms with Crippen molar-refractivity contribution in [3.63, 3.8) is 0 Å². The minimum absolute atomic E-state index is 0. The van der Waals surface area contributed by atoms with Crippen molar-refractivity contribution in [2.24, 2.45) is 0 Å². The van der Waals surface area contributed by atoms with Gasteiger partial charge in [0, 0.05) is 0 Å². The molecule has 0 fully saturated rings. The van der Waals surface area contributed by atoms with Crippen molar-refractivity contribution in [2.75, 3.05) is 0 Å². The molecule has 0 amide bonds. The Kier molecular flexibility index (Phi) is 27.9. The molecule has 0 heterocycles. The molecule has 0 N–H and O–H groups in total. The maximum absolute atomic E-state index is 2.20. The number of hydrogen-bond acceptors (Lipinski definition) is 2. The van der Waals surface area contributed by atoms with Gasteiger partial charge in [0.05, 0.1) is 0 Å². The first-order chi connectivity index (χ1) is 9.11. The fourth-order valence-corrected chi connectivity index (χ4v) is 2.81. The molecule has 0 bridgehead atoms. The Morgan fingerprint density at radius 1 is 0.462 bits per heavy atom. The Morgan fingerprint density at radius 2 is 0.577 bits per heavy atom. The van der Waals surface area contributed by atoms with Crippen molar-refractivity contribution in [2.45, 2.75) is 69.2 Å². The van der Waals surface area contributed by atoms with E-state index in [1.807, 2.05) is 0 Å². The Labute approximate surface area is 222 Å². The van der Waals surface area contributed by atoms with Crippen LogP contribution >= 0.6 is 0 Å². The molecule has 0 aliphatic rings. The summed E-state index contributed by atoms with van der Waals surface area (Å²) in [6, 6.07) is 0. The van der Waals surface area contributed by atoms with Crippen LogP contribution in [0.2, 0.25) is 0 Å². The van der Waals surface area contributed by atoms with Crippen molar-refractivity contribution in [3.8, 4) is 0 Å². The van der Waals surface area contributed by atoms with Crippen LogP contribution in [0.1, 0.15) is 58.5 Å². The van der Waals surface area contributed by atoms with Gasteiger partial charge in [0.25, 0.3) is 0 Å². The third-order valence-electron chi connectivity index (χ3n) is 5.62. The van der Waals surface area contributed by atoms with Gasteiger partial charge in [-0.3, -0.25) is 0 Å². The molecule has 0 aromatic heterocycles.